The summed E-state index contributed by atoms with van der Waals surface area (Å²) in [6.07, 6.45) is 7.81. The third-order valence-electron chi connectivity index (χ3n) is 3.75. The molecule has 4 heteroatoms. The Balaban J connectivity index is 2.26. The van der Waals surface area contributed by atoms with Crippen molar-refractivity contribution in [3.63, 3.8) is 0 Å². The second-order valence-electron chi connectivity index (χ2n) is 5.78. The second kappa shape index (κ2) is 10.2. The van der Waals surface area contributed by atoms with E-state index in [1.54, 1.807) is 12.2 Å². The molecule has 0 saturated heterocycles. The fourth-order valence-corrected chi connectivity index (χ4v) is 2.27. The zero-order valence-electron chi connectivity index (χ0n) is 15.5. The van der Waals surface area contributed by atoms with Gasteiger partial charge in [-0.1, -0.05) is 50.3 Å². The van der Waals surface area contributed by atoms with Gasteiger partial charge in [-0.15, -0.1) is 0 Å². The highest BCUT2D eigenvalue weighted by Gasteiger charge is 2.11. The van der Waals surface area contributed by atoms with Crippen LogP contribution in [0.3, 0.4) is 0 Å². The molecule has 0 saturated carbocycles. The largest absolute Gasteiger partial charge is 0.203 e. The Morgan fingerprint density at radius 2 is 1.04 bits per heavy atom. The van der Waals surface area contributed by atoms with Gasteiger partial charge < -0.3 is 0 Å². The van der Waals surface area contributed by atoms with Gasteiger partial charge in [-0.2, -0.15) is 0 Å². The number of halogens is 4. The van der Waals surface area contributed by atoms with Crippen molar-refractivity contribution in [3.05, 3.63) is 81.9 Å². The molecule has 0 aliphatic heterocycles. The van der Waals surface area contributed by atoms with Gasteiger partial charge in [0.2, 0.25) is 0 Å². The minimum Gasteiger partial charge on any atom is -0.203 e. The Morgan fingerprint density at radius 3 is 1.39 bits per heavy atom. The quantitative estimate of drug-likeness (QED) is 0.419. The molecule has 0 amide bonds. The maximum absolute atomic E-state index is 14.0. The molecule has 0 atom stereocenters. The van der Waals surface area contributed by atoms with E-state index in [9.17, 15) is 17.6 Å². The molecule has 0 radical (unpaired) electrons. The molecule has 0 bridgehead atoms. The summed E-state index contributed by atoms with van der Waals surface area (Å²) in [6, 6.07) is 5.52. The van der Waals surface area contributed by atoms with Crippen molar-refractivity contribution in [2.75, 3.05) is 0 Å². The van der Waals surface area contributed by atoms with E-state index in [2.05, 4.69) is 23.7 Å². The average molecular weight is 382 g/mol. The maximum atomic E-state index is 14.0. The van der Waals surface area contributed by atoms with Gasteiger partial charge in [-0.05, 0) is 48.7 Å². The van der Waals surface area contributed by atoms with Crippen molar-refractivity contribution >= 4 is 12.2 Å². The van der Waals surface area contributed by atoms with Crippen molar-refractivity contribution < 1.29 is 17.6 Å². The summed E-state index contributed by atoms with van der Waals surface area (Å²) < 4.78 is 56.0. The van der Waals surface area contributed by atoms with E-state index in [4.69, 9.17) is 0 Å². The van der Waals surface area contributed by atoms with Gasteiger partial charge in [0.15, 0.2) is 23.3 Å². The van der Waals surface area contributed by atoms with Crippen LogP contribution in [0, 0.1) is 47.0 Å². The molecule has 0 nitrogen and oxygen atoms in total. The SMILES string of the molecule is CC/C=C/c1ccc(C#CC#Cc2ccc(/C=C/CC)c(F)c2F)c(F)c1F. The van der Waals surface area contributed by atoms with Crippen LogP contribution in [-0.4, -0.2) is 0 Å². The number of benzene rings is 2. The van der Waals surface area contributed by atoms with Crippen LogP contribution in [0.2, 0.25) is 0 Å². The van der Waals surface area contributed by atoms with E-state index in [0.29, 0.717) is 12.8 Å². The number of allylic oxidation sites excluding steroid dienone is 2. The molecule has 2 aromatic rings. The fraction of sp³-hybridized carbons (Fsp3) is 0.167. The van der Waals surface area contributed by atoms with E-state index in [-0.39, 0.29) is 22.3 Å². The fourth-order valence-electron chi connectivity index (χ4n) is 2.27. The van der Waals surface area contributed by atoms with Crippen molar-refractivity contribution in [2.45, 2.75) is 26.7 Å². The van der Waals surface area contributed by atoms with Crippen LogP contribution in [0.4, 0.5) is 17.6 Å². The lowest BCUT2D eigenvalue weighted by molar-refractivity contribution is 0.505. The smallest absolute Gasteiger partial charge is 0.175 e. The summed E-state index contributed by atoms with van der Waals surface area (Å²) in [5.74, 6) is 5.33. The maximum Gasteiger partial charge on any atom is 0.175 e. The van der Waals surface area contributed by atoms with Crippen LogP contribution >= 0.6 is 0 Å². The summed E-state index contributed by atoms with van der Waals surface area (Å²) in [6.45, 7) is 3.76. The molecule has 142 valence electrons. The molecule has 0 aliphatic carbocycles. The lowest BCUT2D eigenvalue weighted by Gasteiger charge is -2.00. The predicted octanol–water partition coefficient (Wildman–Crippen LogP) is 6.49. The van der Waals surface area contributed by atoms with Gasteiger partial charge >= 0.3 is 0 Å². The second-order valence-corrected chi connectivity index (χ2v) is 5.78. The summed E-state index contributed by atoms with van der Waals surface area (Å²) in [4.78, 5) is 0. The Bertz CT molecular complexity index is 953. The zero-order valence-corrected chi connectivity index (χ0v) is 15.5. The summed E-state index contributed by atoms with van der Waals surface area (Å²) in [5, 5.41) is 0. The Morgan fingerprint density at radius 1 is 0.643 bits per heavy atom. The molecule has 2 aromatic carbocycles. The Hall–Kier alpha value is -3.24. The molecule has 0 aliphatic rings. The average Bonchev–Trinajstić information content (AvgIpc) is 2.70. The van der Waals surface area contributed by atoms with E-state index in [1.165, 1.54) is 36.4 Å². The molecular weight excluding hydrogens is 364 g/mol. The zero-order chi connectivity index (χ0) is 20.5. The summed E-state index contributed by atoms with van der Waals surface area (Å²) >= 11 is 0. The van der Waals surface area contributed by atoms with E-state index in [1.807, 2.05) is 13.8 Å². The topological polar surface area (TPSA) is 0 Å². The highest BCUT2D eigenvalue weighted by molar-refractivity contribution is 5.55. The summed E-state index contributed by atoms with van der Waals surface area (Å²) in [5.41, 5.74) is -0.0595. The Kier molecular flexibility index (Phi) is 7.66. The van der Waals surface area contributed by atoms with Crippen molar-refractivity contribution in [1.82, 2.24) is 0 Å². The van der Waals surface area contributed by atoms with Crippen LogP contribution in [-0.2, 0) is 0 Å². The van der Waals surface area contributed by atoms with Gasteiger partial charge in [0.05, 0.1) is 11.1 Å². The Labute approximate surface area is 162 Å². The molecule has 0 spiro atoms. The number of hydrogen-bond acceptors (Lipinski definition) is 0. The minimum absolute atomic E-state index is 0.130. The van der Waals surface area contributed by atoms with Gasteiger partial charge in [-0.25, -0.2) is 17.6 Å². The monoisotopic (exact) mass is 382 g/mol. The van der Waals surface area contributed by atoms with Crippen LogP contribution in [0.5, 0.6) is 0 Å². The first-order chi connectivity index (χ1) is 13.5. The van der Waals surface area contributed by atoms with Crippen LogP contribution in [0.1, 0.15) is 48.9 Å². The van der Waals surface area contributed by atoms with E-state index < -0.39 is 23.3 Å². The van der Waals surface area contributed by atoms with Crippen LogP contribution in [0.25, 0.3) is 12.2 Å². The van der Waals surface area contributed by atoms with E-state index in [0.717, 1.165) is 0 Å². The number of hydrogen-bond donors (Lipinski definition) is 0. The first-order valence-electron chi connectivity index (χ1n) is 8.80. The minimum atomic E-state index is -1.07. The summed E-state index contributed by atoms with van der Waals surface area (Å²) in [7, 11) is 0. The van der Waals surface area contributed by atoms with Crippen LogP contribution in [0.15, 0.2) is 36.4 Å². The molecule has 28 heavy (non-hydrogen) atoms. The highest BCUT2D eigenvalue weighted by atomic mass is 19.2. The molecular formula is C24H18F4. The van der Waals surface area contributed by atoms with Gasteiger partial charge in [0.1, 0.15) is 0 Å². The first kappa shape index (κ1) is 21.1. The van der Waals surface area contributed by atoms with Crippen LogP contribution < -0.4 is 0 Å². The van der Waals surface area contributed by atoms with Crippen molar-refractivity contribution in [3.8, 4) is 23.7 Å². The normalized spacial score (nSPS) is 10.6. The third-order valence-corrected chi connectivity index (χ3v) is 3.75. The lowest BCUT2D eigenvalue weighted by atomic mass is 10.1. The lowest BCUT2D eigenvalue weighted by Crippen LogP contribution is -1.93. The standard InChI is InChI=1S/C24H18F4/c1-3-5-9-17-13-15-19(23(27)21(17)25)11-7-8-12-20-16-14-18(10-6-4-2)22(26)24(20)28/h5-6,9-10,13-16H,3-4H2,1-2H3/b9-5+,10-6+. The molecule has 0 aromatic heterocycles. The predicted molar refractivity (Wildman–Crippen MR) is 105 cm³/mol. The highest BCUT2D eigenvalue weighted by Crippen LogP contribution is 2.18. The molecule has 0 fully saturated rings. The van der Waals surface area contributed by atoms with Gasteiger partial charge in [-0.3, -0.25) is 0 Å². The van der Waals surface area contributed by atoms with Gasteiger partial charge in [0, 0.05) is 11.1 Å². The van der Waals surface area contributed by atoms with Crippen molar-refractivity contribution in [2.24, 2.45) is 0 Å². The molecule has 0 heterocycles. The molecule has 0 unspecified atom stereocenters. The molecule has 0 N–H and O–H groups in total. The first-order valence-corrected chi connectivity index (χ1v) is 8.80. The van der Waals surface area contributed by atoms with E-state index >= 15 is 0 Å². The van der Waals surface area contributed by atoms with Gasteiger partial charge in [0.25, 0.3) is 0 Å². The third kappa shape index (κ3) is 5.15. The van der Waals surface area contributed by atoms with Crippen molar-refractivity contribution in [1.29, 1.82) is 0 Å². The number of rotatable bonds is 4. The molecule has 2 rings (SSSR count).